The molecule has 0 aliphatic carbocycles. The molecule has 1 heterocycles. The Hall–Kier alpha value is -3.31. The first-order chi connectivity index (χ1) is 14.3. The summed E-state index contributed by atoms with van der Waals surface area (Å²) in [4.78, 5) is 24.4. The number of ether oxygens (including phenoxy) is 2. The van der Waals surface area contributed by atoms with Gasteiger partial charge in [0, 0.05) is 0 Å². The first kappa shape index (κ1) is 22.4. The second kappa shape index (κ2) is 7.43. The first-order valence-electron chi connectivity index (χ1n) is 8.48. The van der Waals surface area contributed by atoms with E-state index in [4.69, 9.17) is 0 Å². The molecule has 0 unspecified atom stereocenters. The van der Waals surface area contributed by atoms with Crippen LogP contribution in [0.15, 0.2) is 12.1 Å². The molecule has 0 aromatic heterocycles. The number of carbonyl (C=O) groups excluding carboxylic acids is 2. The van der Waals surface area contributed by atoms with Crippen molar-refractivity contribution in [3.8, 4) is 16.9 Å². The Balaban J connectivity index is 2.33. The summed E-state index contributed by atoms with van der Waals surface area (Å²) in [6.07, 6.45) is -4.40. The van der Waals surface area contributed by atoms with E-state index < -0.39 is 75.7 Å². The van der Waals surface area contributed by atoms with Crippen molar-refractivity contribution in [1.29, 1.82) is 0 Å². The minimum Gasteiger partial charge on any atom is -0.467 e. The van der Waals surface area contributed by atoms with Crippen LogP contribution in [-0.2, 0) is 14.3 Å². The van der Waals surface area contributed by atoms with Crippen LogP contribution in [0.25, 0.3) is 11.1 Å². The van der Waals surface area contributed by atoms with Gasteiger partial charge in [0.2, 0.25) is 5.82 Å². The van der Waals surface area contributed by atoms with Crippen LogP contribution in [0.1, 0.15) is 12.5 Å². The molecule has 0 fully saturated rings. The number of esters is 1. The van der Waals surface area contributed by atoms with Crippen LogP contribution in [0.5, 0.6) is 5.75 Å². The van der Waals surface area contributed by atoms with Crippen LogP contribution >= 0.6 is 0 Å². The molecule has 3 rings (SSSR count). The molecule has 0 radical (unpaired) electrons. The molecule has 166 valence electrons. The summed E-state index contributed by atoms with van der Waals surface area (Å²) in [5.41, 5.74) is -2.71. The number of halogens is 7. The average Bonchev–Trinajstić information content (AvgIpc) is 2.71. The van der Waals surface area contributed by atoms with Crippen molar-refractivity contribution in [2.24, 2.45) is 0 Å². The summed E-state index contributed by atoms with van der Waals surface area (Å²) >= 11 is 0. The normalized spacial score (nSPS) is 15.9. The Bertz CT molecular complexity index is 1090. The first-order valence-corrected chi connectivity index (χ1v) is 8.48. The molecule has 1 aliphatic heterocycles. The highest BCUT2D eigenvalue weighted by Gasteiger charge is 2.53. The third-order valence-electron chi connectivity index (χ3n) is 4.68. The molecule has 1 amide bonds. The van der Waals surface area contributed by atoms with E-state index in [1.165, 1.54) is 0 Å². The Kier molecular flexibility index (Phi) is 5.36. The lowest BCUT2D eigenvalue weighted by atomic mass is 9.96. The molecule has 2 aromatic rings. The number of hydrogen-bond donors (Lipinski definition) is 0. The van der Waals surface area contributed by atoms with Gasteiger partial charge in [-0.3, -0.25) is 9.69 Å². The maximum Gasteiger partial charge on any atom is 0.483 e. The number of alkyl halides is 2. The van der Waals surface area contributed by atoms with Crippen LogP contribution < -0.4 is 9.64 Å². The van der Waals surface area contributed by atoms with E-state index in [0.29, 0.717) is 0 Å². The second-order valence-electron chi connectivity index (χ2n) is 6.57. The number of anilines is 1. The van der Waals surface area contributed by atoms with Crippen molar-refractivity contribution in [3.05, 3.63) is 46.8 Å². The summed E-state index contributed by atoms with van der Waals surface area (Å²) < 4.78 is 106. The number of methoxy groups -OCH3 is 1. The van der Waals surface area contributed by atoms with Crippen molar-refractivity contribution >= 4 is 17.6 Å². The van der Waals surface area contributed by atoms with E-state index in [2.05, 4.69) is 9.47 Å². The molecule has 0 spiro atoms. The number of aryl methyl sites for hydroxylation is 1. The number of amides is 1. The van der Waals surface area contributed by atoms with Crippen LogP contribution in [0.3, 0.4) is 0 Å². The van der Waals surface area contributed by atoms with Gasteiger partial charge < -0.3 is 9.47 Å². The maximum absolute atomic E-state index is 14.3. The van der Waals surface area contributed by atoms with Gasteiger partial charge in [-0.2, -0.15) is 8.78 Å². The summed E-state index contributed by atoms with van der Waals surface area (Å²) in [6.45, 7) is 2.17. The zero-order chi connectivity index (χ0) is 23.4. The molecule has 1 aliphatic rings. The van der Waals surface area contributed by atoms with E-state index >= 15 is 0 Å². The van der Waals surface area contributed by atoms with Gasteiger partial charge in [-0.15, -0.1) is 0 Å². The van der Waals surface area contributed by atoms with Gasteiger partial charge in [-0.25, -0.2) is 26.7 Å². The zero-order valence-corrected chi connectivity index (χ0v) is 16.0. The van der Waals surface area contributed by atoms with Crippen LogP contribution in [0, 0.1) is 36.0 Å². The van der Waals surface area contributed by atoms with Crippen molar-refractivity contribution in [2.45, 2.75) is 26.0 Å². The predicted octanol–water partition coefficient (Wildman–Crippen LogP) is 4.24. The van der Waals surface area contributed by atoms with E-state index in [0.717, 1.165) is 33.1 Å². The van der Waals surface area contributed by atoms with E-state index in [9.17, 15) is 40.3 Å². The lowest BCUT2D eigenvalue weighted by molar-refractivity contribution is -0.193. The van der Waals surface area contributed by atoms with Gasteiger partial charge >= 0.3 is 18.0 Å². The monoisotopic (exact) mass is 451 g/mol. The number of hydrogen-bond acceptors (Lipinski definition) is 4. The van der Waals surface area contributed by atoms with E-state index in [-0.39, 0.29) is 10.5 Å². The molecule has 5 nitrogen and oxygen atoms in total. The lowest BCUT2D eigenvalue weighted by Gasteiger charge is -2.36. The minimum atomic E-state index is -4.40. The smallest absolute Gasteiger partial charge is 0.467 e. The van der Waals surface area contributed by atoms with Crippen molar-refractivity contribution in [1.82, 2.24) is 0 Å². The fourth-order valence-electron chi connectivity index (χ4n) is 3.14. The topological polar surface area (TPSA) is 55.8 Å². The molecular weight excluding hydrogens is 439 g/mol. The fourth-order valence-corrected chi connectivity index (χ4v) is 3.14. The molecule has 1 atom stereocenters. The van der Waals surface area contributed by atoms with Crippen molar-refractivity contribution in [3.63, 3.8) is 0 Å². The SMILES string of the molecule is COC(=O)[C@H](C)N1C(=O)C(F)(F)Oc2cc(C)c(-c3c(F)c(F)c(F)c(F)c3F)cc21. The van der Waals surface area contributed by atoms with Gasteiger partial charge in [0.05, 0.1) is 18.4 Å². The number of benzene rings is 2. The number of fused-ring (bicyclic) bond motifs is 1. The van der Waals surface area contributed by atoms with Gasteiger partial charge in [0.15, 0.2) is 29.0 Å². The molecule has 0 N–H and O–H groups in total. The quantitative estimate of drug-likeness (QED) is 0.303. The third-order valence-corrected chi connectivity index (χ3v) is 4.68. The standard InChI is InChI=1S/C19H12F7NO4/c1-6-4-10-9(27(7(2)17(28)30-3)18(29)19(25,26)31-10)5-8(6)11-12(20)14(22)16(24)15(23)13(11)21/h4-5,7H,1-3H3/t7-/m0/s1. The van der Waals surface area contributed by atoms with Crippen LogP contribution in [-0.4, -0.2) is 31.1 Å². The highest BCUT2D eigenvalue weighted by atomic mass is 19.3. The number of nitrogens with zero attached hydrogens (tertiary/aromatic N) is 1. The molecule has 12 heteroatoms. The Labute approximate surface area is 170 Å². The van der Waals surface area contributed by atoms with E-state index in [1.807, 2.05) is 0 Å². The average molecular weight is 451 g/mol. The Morgan fingerprint density at radius 2 is 1.55 bits per heavy atom. The largest absolute Gasteiger partial charge is 0.483 e. The predicted molar refractivity (Wildman–Crippen MR) is 90.9 cm³/mol. The lowest BCUT2D eigenvalue weighted by Crippen LogP contribution is -2.56. The molecular formula is C19H12F7NO4. The third kappa shape index (κ3) is 3.35. The molecule has 0 saturated carbocycles. The number of rotatable bonds is 3. The molecule has 0 bridgehead atoms. The van der Waals surface area contributed by atoms with Crippen molar-refractivity contribution < 1.29 is 49.8 Å². The summed E-state index contributed by atoms with van der Waals surface area (Å²) in [5, 5.41) is 0. The van der Waals surface area contributed by atoms with Gasteiger partial charge in [-0.05, 0) is 37.1 Å². The van der Waals surface area contributed by atoms with E-state index in [1.54, 1.807) is 0 Å². The van der Waals surface area contributed by atoms with Gasteiger partial charge in [-0.1, -0.05) is 0 Å². The Morgan fingerprint density at radius 1 is 1.03 bits per heavy atom. The van der Waals surface area contributed by atoms with Crippen molar-refractivity contribution in [2.75, 3.05) is 12.0 Å². The summed E-state index contributed by atoms with van der Waals surface area (Å²) in [7, 11) is 0.929. The molecule has 2 aromatic carbocycles. The fraction of sp³-hybridized carbons (Fsp3) is 0.263. The van der Waals surface area contributed by atoms with Gasteiger partial charge in [0.1, 0.15) is 6.04 Å². The van der Waals surface area contributed by atoms with Gasteiger partial charge in [0.25, 0.3) is 0 Å². The minimum absolute atomic E-state index is 0.210. The van der Waals surface area contributed by atoms with Crippen LogP contribution in [0.4, 0.5) is 36.4 Å². The highest BCUT2D eigenvalue weighted by molar-refractivity contribution is 6.05. The maximum atomic E-state index is 14.3. The second-order valence-corrected chi connectivity index (χ2v) is 6.57. The molecule has 31 heavy (non-hydrogen) atoms. The summed E-state index contributed by atoms with van der Waals surface area (Å²) in [5.74, 6) is -14.9. The highest BCUT2D eigenvalue weighted by Crippen LogP contribution is 2.45. The number of carbonyl (C=O) groups is 2. The Morgan fingerprint density at radius 3 is 2.06 bits per heavy atom. The molecule has 0 saturated heterocycles. The zero-order valence-electron chi connectivity index (χ0n) is 16.0. The summed E-state index contributed by atoms with van der Waals surface area (Å²) in [6, 6.07) is -0.103. The van der Waals surface area contributed by atoms with Crippen LogP contribution in [0.2, 0.25) is 0 Å².